The summed E-state index contributed by atoms with van der Waals surface area (Å²) in [6.07, 6.45) is 5.57. The van der Waals surface area contributed by atoms with Gasteiger partial charge in [-0.05, 0) is 44.9 Å². The molecule has 1 fully saturated rings. The van der Waals surface area contributed by atoms with Gasteiger partial charge in [0.2, 0.25) is 0 Å². The summed E-state index contributed by atoms with van der Waals surface area (Å²) in [6.45, 7) is 6.66. The molecule has 31 heavy (non-hydrogen) atoms. The van der Waals surface area contributed by atoms with Crippen LogP contribution in [-0.2, 0) is 17.8 Å². The van der Waals surface area contributed by atoms with Crippen LogP contribution in [0.3, 0.4) is 0 Å². The number of halogens is 1. The Hall–Kier alpha value is -3.13. The zero-order chi connectivity index (χ0) is 21.5. The van der Waals surface area contributed by atoms with Crippen LogP contribution in [0.15, 0.2) is 30.6 Å². The van der Waals surface area contributed by atoms with Crippen molar-refractivity contribution in [3.63, 3.8) is 0 Å². The van der Waals surface area contributed by atoms with E-state index in [1.165, 1.54) is 12.1 Å². The van der Waals surface area contributed by atoms with Crippen molar-refractivity contribution in [1.29, 1.82) is 0 Å². The molecule has 1 saturated heterocycles. The molecule has 162 valence electrons. The number of nitrogens with one attached hydrogen (secondary N) is 1. The van der Waals surface area contributed by atoms with Crippen LogP contribution in [0.5, 0.6) is 5.88 Å². The molecule has 0 aliphatic carbocycles. The SMILES string of the molecule is CCn1ncc2c(NC3CCOCC3)c(Cn3cc4ccc(F)cc4c3O)c(C)nc21. The minimum absolute atomic E-state index is 0.0512. The molecule has 0 amide bonds. The van der Waals surface area contributed by atoms with Crippen LogP contribution in [0.25, 0.3) is 21.8 Å². The van der Waals surface area contributed by atoms with Gasteiger partial charge in [0, 0.05) is 54.0 Å². The van der Waals surface area contributed by atoms with Gasteiger partial charge in [-0.2, -0.15) is 5.10 Å². The summed E-state index contributed by atoms with van der Waals surface area (Å²) in [7, 11) is 0. The van der Waals surface area contributed by atoms with E-state index in [1.54, 1.807) is 10.6 Å². The van der Waals surface area contributed by atoms with Crippen LogP contribution >= 0.6 is 0 Å². The summed E-state index contributed by atoms with van der Waals surface area (Å²) in [6, 6.07) is 4.75. The number of ether oxygens (including phenoxy) is 1. The van der Waals surface area contributed by atoms with Gasteiger partial charge in [0.1, 0.15) is 5.82 Å². The zero-order valence-corrected chi connectivity index (χ0v) is 17.7. The Balaban J connectivity index is 1.62. The highest BCUT2D eigenvalue weighted by atomic mass is 19.1. The maximum absolute atomic E-state index is 13.7. The Kier molecular flexibility index (Phi) is 5.02. The Labute approximate surface area is 179 Å². The average molecular weight is 423 g/mol. The number of fused-ring (bicyclic) bond motifs is 2. The Morgan fingerprint density at radius 1 is 1.26 bits per heavy atom. The van der Waals surface area contributed by atoms with Crippen molar-refractivity contribution in [2.24, 2.45) is 0 Å². The second-order valence-corrected chi connectivity index (χ2v) is 8.09. The lowest BCUT2D eigenvalue weighted by Gasteiger charge is -2.26. The molecule has 0 radical (unpaired) electrons. The summed E-state index contributed by atoms with van der Waals surface area (Å²) >= 11 is 0. The molecule has 7 nitrogen and oxygen atoms in total. The average Bonchev–Trinajstić information content (AvgIpc) is 3.32. The first-order valence-electron chi connectivity index (χ1n) is 10.7. The van der Waals surface area contributed by atoms with Crippen LogP contribution in [0, 0.1) is 12.7 Å². The van der Waals surface area contributed by atoms with Crippen molar-refractivity contribution < 1.29 is 14.2 Å². The molecular weight excluding hydrogens is 397 g/mol. The van der Waals surface area contributed by atoms with E-state index in [9.17, 15) is 9.50 Å². The molecule has 1 aliphatic rings. The third kappa shape index (κ3) is 3.50. The summed E-state index contributed by atoms with van der Waals surface area (Å²) in [5.74, 6) is -0.316. The van der Waals surface area contributed by atoms with Gasteiger partial charge < -0.3 is 19.7 Å². The van der Waals surface area contributed by atoms with Crippen LogP contribution < -0.4 is 5.32 Å². The van der Waals surface area contributed by atoms with E-state index in [-0.39, 0.29) is 11.7 Å². The van der Waals surface area contributed by atoms with Gasteiger partial charge in [-0.15, -0.1) is 0 Å². The van der Waals surface area contributed by atoms with Crippen molar-refractivity contribution in [2.45, 2.75) is 45.8 Å². The monoisotopic (exact) mass is 423 g/mol. The molecule has 0 bridgehead atoms. The van der Waals surface area contributed by atoms with Crippen LogP contribution in [0.1, 0.15) is 31.0 Å². The number of aromatic nitrogens is 4. The lowest BCUT2D eigenvalue weighted by atomic mass is 10.0. The summed E-state index contributed by atoms with van der Waals surface area (Å²) in [5, 5.41) is 21.3. The molecule has 1 aromatic carbocycles. The number of anilines is 1. The summed E-state index contributed by atoms with van der Waals surface area (Å²) in [5.41, 5.74) is 3.71. The number of nitrogens with zero attached hydrogens (tertiary/aromatic N) is 4. The number of hydrogen-bond acceptors (Lipinski definition) is 5. The smallest absolute Gasteiger partial charge is 0.199 e. The van der Waals surface area contributed by atoms with E-state index >= 15 is 0 Å². The third-order valence-electron chi connectivity index (χ3n) is 6.11. The fraction of sp³-hybridized carbons (Fsp3) is 0.391. The second kappa shape index (κ2) is 7.85. The molecule has 4 aromatic rings. The lowest BCUT2D eigenvalue weighted by Crippen LogP contribution is -2.28. The minimum Gasteiger partial charge on any atom is -0.494 e. The van der Waals surface area contributed by atoms with E-state index in [2.05, 4.69) is 10.4 Å². The van der Waals surface area contributed by atoms with Gasteiger partial charge >= 0.3 is 0 Å². The topological polar surface area (TPSA) is 77.1 Å². The van der Waals surface area contributed by atoms with Crippen molar-refractivity contribution >= 4 is 27.5 Å². The minimum atomic E-state index is -0.367. The Morgan fingerprint density at radius 3 is 2.84 bits per heavy atom. The first-order chi connectivity index (χ1) is 15.0. The molecular formula is C23H26FN5O2. The highest BCUT2D eigenvalue weighted by Gasteiger charge is 2.22. The molecule has 8 heteroatoms. The molecule has 0 atom stereocenters. The number of rotatable bonds is 5. The molecule has 0 spiro atoms. The zero-order valence-electron chi connectivity index (χ0n) is 17.7. The van der Waals surface area contributed by atoms with Crippen LogP contribution in [-0.4, -0.2) is 43.7 Å². The van der Waals surface area contributed by atoms with E-state index in [4.69, 9.17) is 9.72 Å². The van der Waals surface area contributed by atoms with E-state index in [0.717, 1.165) is 66.0 Å². The highest BCUT2D eigenvalue weighted by molar-refractivity contribution is 5.92. The number of benzene rings is 1. The second-order valence-electron chi connectivity index (χ2n) is 8.09. The lowest BCUT2D eigenvalue weighted by molar-refractivity contribution is 0.0904. The molecule has 2 N–H and O–H groups in total. The number of hydrogen-bond donors (Lipinski definition) is 2. The van der Waals surface area contributed by atoms with E-state index in [1.807, 2.05) is 30.9 Å². The van der Waals surface area contributed by atoms with Gasteiger partial charge in [-0.3, -0.25) is 0 Å². The molecule has 5 rings (SSSR count). The van der Waals surface area contributed by atoms with Crippen LogP contribution in [0.4, 0.5) is 10.1 Å². The van der Waals surface area contributed by atoms with Gasteiger partial charge in [0.15, 0.2) is 11.5 Å². The number of aryl methyl sites for hydroxylation is 2. The predicted octanol–water partition coefficient (Wildman–Crippen LogP) is 4.20. The van der Waals surface area contributed by atoms with Crippen molar-refractivity contribution in [3.05, 3.63) is 47.7 Å². The van der Waals surface area contributed by atoms with Crippen molar-refractivity contribution in [2.75, 3.05) is 18.5 Å². The largest absolute Gasteiger partial charge is 0.494 e. The predicted molar refractivity (Wildman–Crippen MR) is 118 cm³/mol. The molecule has 4 heterocycles. The fourth-order valence-electron chi connectivity index (χ4n) is 4.39. The molecule has 1 aliphatic heterocycles. The van der Waals surface area contributed by atoms with Crippen molar-refractivity contribution in [3.8, 4) is 5.88 Å². The Bertz CT molecular complexity index is 1260. The normalized spacial score (nSPS) is 15.2. The summed E-state index contributed by atoms with van der Waals surface area (Å²) in [4.78, 5) is 4.83. The van der Waals surface area contributed by atoms with Crippen molar-refractivity contribution in [1.82, 2.24) is 19.3 Å². The quantitative estimate of drug-likeness (QED) is 0.503. The van der Waals surface area contributed by atoms with Crippen LogP contribution in [0.2, 0.25) is 0 Å². The first kappa shape index (κ1) is 19.8. The maximum atomic E-state index is 13.7. The highest BCUT2D eigenvalue weighted by Crippen LogP contribution is 2.34. The first-order valence-corrected chi connectivity index (χ1v) is 10.7. The van der Waals surface area contributed by atoms with Gasteiger partial charge in [0.25, 0.3) is 0 Å². The standard InChI is InChI=1S/C23H26FN5O2/c1-3-29-22-19(11-25-29)21(27-17-6-8-31-9-7-17)20(14(2)26-22)13-28-12-15-4-5-16(24)10-18(15)23(28)30/h4-5,10-12,17,30H,3,6-9,13H2,1-2H3,(H,26,27). The number of pyridine rings is 1. The third-order valence-corrected chi connectivity index (χ3v) is 6.11. The maximum Gasteiger partial charge on any atom is 0.199 e. The summed E-state index contributed by atoms with van der Waals surface area (Å²) < 4.78 is 22.9. The fourth-order valence-corrected chi connectivity index (χ4v) is 4.39. The molecule has 3 aromatic heterocycles. The molecule has 0 unspecified atom stereocenters. The number of aromatic hydroxyl groups is 1. The van der Waals surface area contributed by atoms with Gasteiger partial charge in [0.05, 0.1) is 23.8 Å². The Morgan fingerprint density at radius 2 is 2.06 bits per heavy atom. The van der Waals surface area contributed by atoms with E-state index in [0.29, 0.717) is 18.0 Å². The molecule has 0 saturated carbocycles. The van der Waals surface area contributed by atoms with Gasteiger partial charge in [-0.25, -0.2) is 14.1 Å². The van der Waals surface area contributed by atoms with Gasteiger partial charge in [-0.1, -0.05) is 0 Å². The van der Waals surface area contributed by atoms with E-state index < -0.39 is 0 Å².